The number of hydrogen-bond acceptors (Lipinski definition) is 5. The van der Waals surface area contributed by atoms with Crippen LogP contribution in [-0.2, 0) is 4.74 Å². The Kier molecular flexibility index (Phi) is 2.21. The van der Waals surface area contributed by atoms with Gasteiger partial charge >= 0.3 is 0 Å². The van der Waals surface area contributed by atoms with E-state index in [2.05, 4.69) is 20.5 Å². The van der Waals surface area contributed by atoms with Gasteiger partial charge in [0.1, 0.15) is 5.82 Å². The number of aryl methyl sites for hydroxylation is 1. The zero-order valence-corrected chi connectivity index (χ0v) is 9.05. The highest BCUT2D eigenvalue weighted by Gasteiger charge is 2.17. The van der Waals surface area contributed by atoms with Gasteiger partial charge in [0.15, 0.2) is 5.82 Å². The average Bonchev–Trinajstić information content (AvgIpc) is 2.90. The molecule has 6 heteroatoms. The number of nitrogens with zero attached hydrogens (tertiary/aromatic N) is 4. The van der Waals surface area contributed by atoms with E-state index in [0.29, 0.717) is 6.04 Å². The van der Waals surface area contributed by atoms with E-state index in [1.165, 1.54) is 0 Å². The predicted octanol–water partition coefficient (Wildman–Crippen LogP) is 0.634. The molecule has 84 valence electrons. The SMILES string of the molecule is Cc1nnc2c(NC3CCOC3)nccn12. The quantitative estimate of drug-likeness (QED) is 0.802. The smallest absolute Gasteiger partial charge is 0.203 e. The van der Waals surface area contributed by atoms with Crippen molar-refractivity contribution in [3.8, 4) is 0 Å². The molecule has 2 aromatic rings. The van der Waals surface area contributed by atoms with Crippen LogP contribution in [0.15, 0.2) is 12.4 Å². The second-order valence-corrected chi connectivity index (χ2v) is 3.92. The summed E-state index contributed by atoms with van der Waals surface area (Å²) in [5.41, 5.74) is 0.770. The minimum atomic E-state index is 0.329. The number of aromatic nitrogens is 4. The zero-order chi connectivity index (χ0) is 11.0. The van der Waals surface area contributed by atoms with E-state index >= 15 is 0 Å². The Bertz CT molecular complexity index is 503. The number of fused-ring (bicyclic) bond motifs is 1. The van der Waals surface area contributed by atoms with Gasteiger partial charge in [-0.2, -0.15) is 0 Å². The number of hydrogen-bond donors (Lipinski definition) is 1. The Morgan fingerprint density at radius 3 is 3.25 bits per heavy atom. The molecule has 6 nitrogen and oxygen atoms in total. The molecule has 1 saturated heterocycles. The molecule has 3 heterocycles. The van der Waals surface area contributed by atoms with Crippen LogP contribution in [-0.4, -0.2) is 38.8 Å². The van der Waals surface area contributed by atoms with Crippen LogP contribution in [0.1, 0.15) is 12.2 Å². The number of rotatable bonds is 2. The van der Waals surface area contributed by atoms with Crippen molar-refractivity contribution in [3.05, 3.63) is 18.2 Å². The largest absolute Gasteiger partial charge is 0.379 e. The summed E-state index contributed by atoms with van der Waals surface area (Å²) in [5.74, 6) is 1.64. The molecule has 1 atom stereocenters. The van der Waals surface area contributed by atoms with E-state index in [0.717, 1.165) is 36.9 Å². The van der Waals surface area contributed by atoms with Crippen LogP contribution in [0, 0.1) is 6.92 Å². The lowest BCUT2D eigenvalue weighted by molar-refractivity contribution is 0.195. The molecule has 0 saturated carbocycles. The molecule has 1 unspecified atom stereocenters. The molecular formula is C10H13N5O. The van der Waals surface area contributed by atoms with Gasteiger partial charge in [0.05, 0.1) is 12.6 Å². The van der Waals surface area contributed by atoms with Crippen molar-refractivity contribution in [2.24, 2.45) is 0 Å². The Morgan fingerprint density at radius 1 is 1.50 bits per heavy atom. The number of nitrogens with one attached hydrogen (secondary N) is 1. The third-order valence-corrected chi connectivity index (χ3v) is 2.77. The zero-order valence-electron chi connectivity index (χ0n) is 9.05. The maximum atomic E-state index is 5.31. The lowest BCUT2D eigenvalue weighted by Crippen LogP contribution is -2.20. The highest BCUT2D eigenvalue weighted by Crippen LogP contribution is 2.16. The van der Waals surface area contributed by atoms with Crippen LogP contribution in [0.3, 0.4) is 0 Å². The molecular weight excluding hydrogens is 206 g/mol. The summed E-state index contributed by atoms with van der Waals surface area (Å²) in [6, 6.07) is 0.329. The predicted molar refractivity (Wildman–Crippen MR) is 58.4 cm³/mol. The fourth-order valence-electron chi connectivity index (χ4n) is 1.89. The van der Waals surface area contributed by atoms with Crippen LogP contribution in [0.4, 0.5) is 5.82 Å². The van der Waals surface area contributed by atoms with Gasteiger partial charge in [-0.1, -0.05) is 0 Å². The van der Waals surface area contributed by atoms with Gasteiger partial charge in [0.25, 0.3) is 0 Å². The first kappa shape index (κ1) is 9.53. The van der Waals surface area contributed by atoms with Crippen molar-refractivity contribution in [1.29, 1.82) is 0 Å². The van der Waals surface area contributed by atoms with Crippen molar-refractivity contribution in [3.63, 3.8) is 0 Å². The van der Waals surface area contributed by atoms with Crippen LogP contribution < -0.4 is 5.32 Å². The summed E-state index contributed by atoms with van der Waals surface area (Å²) >= 11 is 0. The van der Waals surface area contributed by atoms with E-state index < -0.39 is 0 Å². The molecule has 0 spiro atoms. The van der Waals surface area contributed by atoms with Gasteiger partial charge in [-0.05, 0) is 13.3 Å². The molecule has 1 aliphatic heterocycles. The summed E-state index contributed by atoms with van der Waals surface area (Å²) in [5, 5.41) is 11.5. The van der Waals surface area contributed by atoms with Gasteiger partial charge < -0.3 is 10.1 Å². The fraction of sp³-hybridized carbons (Fsp3) is 0.500. The Balaban J connectivity index is 1.96. The molecule has 1 N–H and O–H groups in total. The molecule has 0 amide bonds. The monoisotopic (exact) mass is 219 g/mol. The number of anilines is 1. The van der Waals surface area contributed by atoms with E-state index in [4.69, 9.17) is 4.74 Å². The molecule has 0 bridgehead atoms. The van der Waals surface area contributed by atoms with Crippen LogP contribution in [0.5, 0.6) is 0 Å². The minimum Gasteiger partial charge on any atom is -0.379 e. The maximum Gasteiger partial charge on any atom is 0.203 e. The van der Waals surface area contributed by atoms with Crippen LogP contribution in [0.25, 0.3) is 5.65 Å². The fourth-order valence-corrected chi connectivity index (χ4v) is 1.89. The Labute approximate surface area is 92.7 Å². The van der Waals surface area contributed by atoms with Crippen molar-refractivity contribution < 1.29 is 4.74 Å². The number of ether oxygens (including phenoxy) is 1. The van der Waals surface area contributed by atoms with Gasteiger partial charge in [0, 0.05) is 19.0 Å². The summed E-state index contributed by atoms with van der Waals surface area (Å²) < 4.78 is 7.24. The van der Waals surface area contributed by atoms with E-state index in [9.17, 15) is 0 Å². The summed E-state index contributed by atoms with van der Waals surface area (Å²) in [7, 11) is 0. The first-order valence-electron chi connectivity index (χ1n) is 5.35. The van der Waals surface area contributed by atoms with Gasteiger partial charge in [-0.25, -0.2) is 4.98 Å². The molecule has 2 aromatic heterocycles. The topological polar surface area (TPSA) is 64.3 Å². The standard InChI is InChI=1S/C10H13N5O/c1-7-13-14-10-9(11-3-4-15(7)10)12-8-2-5-16-6-8/h3-4,8H,2,5-6H2,1H3,(H,11,12). The summed E-state index contributed by atoms with van der Waals surface area (Å²) in [6.07, 6.45) is 4.62. The molecule has 1 aliphatic rings. The highest BCUT2D eigenvalue weighted by atomic mass is 16.5. The minimum absolute atomic E-state index is 0.329. The van der Waals surface area contributed by atoms with Crippen molar-refractivity contribution in [2.75, 3.05) is 18.5 Å². The Hall–Kier alpha value is -1.69. The lowest BCUT2D eigenvalue weighted by Gasteiger charge is -2.11. The van der Waals surface area contributed by atoms with Crippen LogP contribution in [0.2, 0.25) is 0 Å². The molecule has 0 radical (unpaired) electrons. The van der Waals surface area contributed by atoms with Gasteiger partial charge in [0.2, 0.25) is 5.65 Å². The van der Waals surface area contributed by atoms with Crippen molar-refractivity contribution >= 4 is 11.5 Å². The normalized spacial score (nSPS) is 20.4. The second kappa shape index (κ2) is 3.71. The lowest BCUT2D eigenvalue weighted by atomic mass is 10.2. The van der Waals surface area contributed by atoms with Gasteiger partial charge in [-0.15, -0.1) is 10.2 Å². The first-order chi connectivity index (χ1) is 7.84. The molecule has 16 heavy (non-hydrogen) atoms. The average molecular weight is 219 g/mol. The van der Waals surface area contributed by atoms with E-state index in [1.54, 1.807) is 6.20 Å². The first-order valence-corrected chi connectivity index (χ1v) is 5.35. The van der Waals surface area contributed by atoms with Gasteiger partial charge in [-0.3, -0.25) is 4.40 Å². The second-order valence-electron chi connectivity index (χ2n) is 3.92. The summed E-state index contributed by atoms with van der Waals surface area (Å²) in [6.45, 7) is 3.46. The maximum absolute atomic E-state index is 5.31. The third kappa shape index (κ3) is 1.51. The van der Waals surface area contributed by atoms with E-state index in [1.807, 2.05) is 17.5 Å². The summed E-state index contributed by atoms with van der Waals surface area (Å²) in [4.78, 5) is 4.29. The van der Waals surface area contributed by atoms with E-state index in [-0.39, 0.29) is 0 Å². The third-order valence-electron chi connectivity index (χ3n) is 2.77. The van der Waals surface area contributed by atoms with Crippen molar-refractivity contribution in [1.82, 2.24) is 19.6 Å². The molecule has 0 aliphatic carbocycles. The van der Waals surface area contributed by atoms with Crippen LogP contribution >= 0.6 is 0 Å². The molecule has 0 aromatic carbocycles. The highest BCUT2D eigenvalue weighted by molar-refractivity contribution is 5.62. The van der Waals surface area contributed by atoms with Crippen molar-refractivity contribution in [2.45, 2.75) is 19.4 Å². The molecule has 1 fully saturated rings. The Morgan fingerprint density at radius 2 is 2.44 bits per heavy atom. The molecule has 3 rings (SSSR count).